The normalized spacial score (nSPS) is 20.0. The highest BCUT2D eigenvalue weighted by Crippen LogP contribution is 2.59. The van der Waals surface area contributed by atoms with Crippen molar-refractivity contribution in [2.45, 2.75) is 36.1 Å². The lowest BCUT2D eigenvalue weighted by molar-refractivity contribution is 0.220. The summed E-state index contributed by atoms with van der Waals surface area (Å²) in [6, 6.07) is 40.7. The molecule has 3 aliphatic rings. The van der Waals surface area contributed by atoms with Crippen molar-refractivity contribution in [1.82, 2.24) is 0 Å². The molecule has 3 heterocycles. The van der Waals surface area contributed by atoms with Crippen LogP contribution in [0.2, 0.25) is 0 Å². The molecular formula is C56H42O12. The van der Waals surface area contributed by atoms with E-state index in [0.29, 0.717) is 56.2 Å². The fraction of sp³-hybridized carbons (Fsp3) is 0.107. The lowest BCUT2D eigenvalue weighted by Gasteiger charge is -2.26. The number of ether oxygens (including phenoxy) is 3. The Kier molecular flexibility index (Phi) is 9.96. The molecule has 0 fully saturated rings. The van der Waals surface area contributed by atoms with Gasteiger partial charge in [-0.25, -0.2) is 0 Å². The first kappa shape index (κ1) is 41.8. The molecule has 68 heavy (non-hydrogen) atoms. The molecule has 0 radical (unpaired) electrons. The predicted molar refractivity (Wildman–Crippen MR) is 251 cm³/mol. The molecule has 12 heteroatoms. The first-order chi connectivity index (χ1) is 32.8. The van der Waals surface area contributed by atoms with Gasteiger partial charge in [0.2, 0.25) is 0 Å². The summed E-state index contributed by atoms with van der Waals surface area (Å²) in [7, 11) is 0. The molecule has 0 saturated carbocycles. The Labute approximate surface area is 389 Å². The highest BCUT2D eigenvalue weighted by Gasteiger charge is 2.46. The average molecular weight is 907 g/mol. The summed E-state index contributed by atoms with van der Waals surface area (Å²) in [5.74, 6) is -0.981. The van der Waals surface area contributed by atoms with Gasteiger partial charge < -0.3 is 60.2 Å². The molecule has 0 aromatic heterocycles. The highest BCUT2D eigenvalue weighted by atomic mass is 16.5. The molecule has 0 amide bonds. The van der Waals surface area contributed by atoms with Gasteiger partial charge in [0.05, 0.1) is 17.8 Å². The van der Waals surface area contributed by atoms with E-state index in [2.05, 4.69) is 0 Å². The summed E-state index contributed by atoms with van der Waals surface area (Å²) >= 11 is 0. The van der Waals surface area contributed by atoms with Crippen LogP contribution in [0.25, 0.3) is 12.2 Å². The Hall–Kier alpha value is -8.90. The quantitative estimate of drug-likeness (QED) is 0.0652. The standard InChI is InChI=1S/C56H42O12/c57-35-10-4-29(5-11-35)54-50(33-19-38(60)23-39(61)20-33)49-32(18-42(64)26-47(49)67-54)3-1-28-2-16-46-44(17-28)52(56(66-46)31-8-14-37(59)15-9-31)45-25-43(65)27-48-53(45)51(34-21-40(62)24-41(63)22-34)55(68-48)30-6-12-36(58)13-7-30/h1-27,50-52,54-65H/t50-,51-,52-,54+,55+,56-/m1/s1. The van der Waals surface area contributed by atoms with Crippen molar-refractivity contribution >= 4 is 12.2 Å². The van der Waals surface area contributed by atoms with Crippen molar-refractivity contribution in [3.8, 4) is 69.0 Å². The number of fused-ring (bicyclic) bond motifs is 3. The molecule has 0 aliphatic carbocycles. The van der Waals surface area contributed by atoms with Crippen LogP contribution in [0.5, 0.6) is 69.0 Å². The average Bonchev–Trinajstić information content (AvgIpc) is 4.00. The number of hydrogen-bond donors (Lipinski definition) is 9. The number of rotatable bonds is 8. The SMILES string of the molecule is Oc1ccc([C@H]2Oc3ccc(C=Cc4cc(O)cc5c4[C@@H](c4cc(O)cc(O)c4)[C@H](c4ccc(O)cc4)O5)cc3[C@@H]2c2cc(O)cc3c2[C@@H](c2cc(O)cc(O)c2)[C@H](c2ccc(O)cc2)O3)cc1. The molecule has 12 nitrogen and oxygen atoms in total. The zero-order valence-electron chi connectivity index (χ0n) is 35.8. The second-order valence-corrected chi connectivity index (χ2v) is 17.4. The lowest BCUT2D eigenvalue weighted by Crippen LogP contribution is -2.16. The molecule has 3 aliphatic heterocycles. The van der Waals surface area contributed by atoms with Gasteiger partial charge in [0, 0.05) is 41.0 Å². The third kappa shape index (κ3) is 7.47. The second-order valence-electron chi connectivity index (χ2n) is 17.4. The zero-order chi connectivity index (χ0) is 47.0. The van der Waals surface area contributed by atoms with Crippen LogP contribution in [0.3, 0.4) is 0 Å². The lowest BCUT2D eigenvalue weighted by atomic mass is 9.76. The van der Waals surface area contributed by atoms with E-state index in [9.17, 15) is 46.0 Å². The molecular weight excluding hydrogens is 865 g/mol. The van der Waals surface area contributed by atoms with E-state index < -0.39 is 36.1 Å². The third-order valence-corrected chi connectivity index (χ3v) is 13.0. The van der Waals surface area contributed by atoms with Gasteiger partial charge in [0.15, 0.2) is 0 Å². The second kappa shape index (κ2) is 16.2. The van der Waals surface area contributed by atoms with Crippen molar-refractivity contribution in [2.75, 3.05) is 0 Å². The molecule has 8 aromatic carbocycles. The summed E-state index contributed by atoms with van der Waals surface area (Å²) in [4.78, 5) is 0. The van der Waals surface area contributed by atoms with Crippen LogP contribution in [-0.4, -0.2) is 46.0 Å². The minimum Gasteiger partial charge on any atom is -0.508 e. The van der Waals surface area contributed by atoms with E-state index in [4.69, 9.17) is 14.2 Å². The number of aromatic hydroxyl groups is 9. The zero-order valence-corrected chi connectivity index (χ0v) is 35.8. The van der Waals surface area contributed by atoms with Crippen LogP contribution in [0.4, 0.5) is 0 Å². The predicted octanol–water partition coefficient (Wildman–Crippen LogP) is 11.0. The first-order valence-corrected chi connectivity index (χ1v) is 21.8. The minimum absolute atomic E-state index is 0.0494. The van der Waals surface area contributed by atoms with Crippen LogP contribution in [-0.2, 0) is 0 Å². The van der Waals surface area contributed by atoms with Crippen LogP contribution in [0.1, 0.15) is 97.3 Å². The van der Waals surface area contributed by atoms with E-state index in [1.165, 1.54) is 24.3 Å². The summed E-state index contributed by atoms with van der Waals surface area (Å²) < 4.78 is 20.0. The fourth-order valence-electron chi connectivity index (χ4n) is 10.2. The van der Waals surface area contributed by atoms with E-state index in [0.717, 1.165) is 22.3 Å². The summed E-state index contributed by atoms with van der Waals surface area (Å²) in [6.07, 6.45) is 1.69. The van der Waals surface area contributed by atoms with E-state index in [1.54, 1.807) is 109 Å². The molecule has 338 valence electrons. The largest absolute Gasteiger partial charge is 0.508 e. The molecule has 0 spiro atoms. The third-order valence-electron chi connectivity index (χ3n) is 13.0. The van der Waals surface area contributed by atoms with Crippen LogP contribution < -0.4 is 14.2 Å². The number of phenols is 9. The highest BCUT2D eigenvalue weighted by molar-refractivity contribution is 5.76. The van der Waals surface area contributed by atoms with Crippen LogP contribution in [0, 0.1) is 0 Å². The summed E-state index contributed by atoms with van der Waals surface area (Å²) in [5.41, 5.74) is 7.38. The van der Waals surface area contributed by atoms with Crippen molar-refractivity contribution in [3.63, 3.8) is 0 Å². The minimum atomic E-state index is -0.718. The van der Waals surface area contributed by atoms with Crippen molar-refractivity contribution in [2.24, 2.45) is 0 Å². The van der Waals surface area contributed by atoms with Gasteiger partial charge >= 0.3 is 0 Å². The smallest absolute Gasteiger partial charge is 0.135 e. The van der Waals surface area contributed by atoms with Gasteiger partial charge in [0.1, 0.15) is 87.3 Å². The number of phenolic OH excluding ortho intramolecular Hbond substituents is 9. The van der Waals surface area contributed by atoms with Gasteiger partial charge in [-0.15, -0.1) is 0 Å². The molecule has 6 atom stereocenters. The Morgan fingerprint density at radius 1 is 0.294 bits per heavy atom. The molecule has 11 rings (SSSR count). The van der Waals surface area contributed by atoms with Crippen LogP contribution in [0.15, 0.2) is 152 Å². The molecule has 9 N–H and O–H groups in total. The monoisotopic (exact) mass is 906 g/mol. The summed E-state index contributed by atoms with van der Waals surface area (Å²) in [5, 5.41) is 96.0. The van der Waals surface area contributed by atoms with Crippen molar-refractivity contribution in [1.29, 1.82) is 0 Å². The Morgan fingerprint density at radius 3 is 1.21 bits per heavy atom. The topological polar surface area (TPSA) is 210 Å². The maximum Gasteiger partial charge on any atom is 0.135 e. The maximum absolute atomic E-state index is 11.5. The Morgan fingerprint density at radius 2 is 0.706 bits per heavy atom. The molecule has 0 bridgehead atoms. The maximum atomic E-state index is 11.5. The van der Waals surface area contributed by atoms with Crippen molar-refractivity contribution < 1.29 is 60.2 Å². The van der Waals surface area contributed by atoms with E-state index in [1.807, 2.05) is 30.4 Å². The van der Waals surface area contributed by atoms with Gasteiger partial charge in [-0.2, -0.15) is 0 Å². The molecule has 0 saturated heterocycles. The van der Waals surface area contributed by atoms with Crippen molar-refractivity contribution in [3.05, 3.63) is 213 Å². The number of benzene rings is 8. The Balaban J connectivity index is 1.05. The Bertz CT molecular complexity index is 3250. The van der Waals surface area contributed by atoms with E-state index >= 15 is 0 Å². The van der Waals surface area contributed by atoms with Crippen LogP contribution >= 0.6 is 0 Å². The van der Waals surface area contributed by atoms with Gasteiger partial charge in [0.25, 0.3) is 0 Å². The van der Waals surface area contributed by atoms with Gasteiger partial charge in [-0.1, -0.05) is 54.6 Å². The number of hydrogen-bond acceptors (Lipinski definition) is 12. The molecule has 8 aromatic rings. The van der Waals surface area contributed by atoms with E-state index in [-0.39, 0.29) is 51.7 Å². The first-order valence-electron chi connectivity index (χ1n) is 21.8. The van der Waals surface area contributed by atoms with Gasteiger partial charge in [-0.05, 0) is 129 Å². The van der Waals surface area contributed by atoms with Gasteiger partial charge in [-0.3, -0.25) is 0 Å². The summed E-state index contributed by atoms with van der Waals surface area (Å²) in [6.45, 7) is 0. The fourth-order valence-corrected chi connectivity index (χ4v) is 10.2. The molecule has 0 unspecified atom stereocenters.